The van der Waals surface area contributed by atoms with Gasteiger partial charge in [-0.05, 0) is 43.2 Å². The summed E-state index contributed by atoms with van der Waals surface area (Å²) in [6.07, 6.45) is 1.91. The summed E-state index contributed by atoms with van der Waals surface area (Å²) in [7, 11) is 0. The van der Waals surface area contributed by atoms with Gasteiger partial charge in [0.1, 0.15) is 11.4 Å². The van der Waals surface area contributed by atoms with E-state index in [1.54, 1.807) is 11.3 Å². The number of hydrogen-bond donors (Lipinski definition) is 0. The van der Waals surface area contributed by atoms with Gasteiger partial charge in [0.15, 0.2) is 11.2 Å². The van der Waals surface area contributed by atoms with Crippen molar-refractivity contribution in [1.29, 1.82) is 0 Å². The van der Waals surface area contributed by atoms with E-state index in [-0.39, 0.29) is 5.41 Å². The van der Waals surface area contributed by atoms with E-state index < -0.39 is 0 Å². The third-order valence-electron chi connectivity index (χ3n) is 4.11. The normalized spacial score (nSPS) is 11.9. The van der Waals surface area contributed by atoms with Crippen molar-refractivity contribution in [3.8, 4) is 17.0 Å². The topological polar surface area (TPSA) is 43.6 Å². The maximum Gasteiger partial charge on any atom is 0.195 e. The van der Waals surface area contributed by atoms with Gasteiger partial charge in [-0.15, -0.1) is 11.3 Å². The minimum atomic E-state index is -0.176. The first-order valence-electron chi connectivity index (χ1n) is 8.57. The Balaban J connectivity index is 2.14. The lowest BCUT2D eigenvalue weighted by atomic mass is 9.91. The molecule has 0 aliphatic rings. The lowest BCUT2D eigenvalue weighted by Gasteiger charge is -2.16. The molecule has 1 aromatic carbocycles. The van der Waals surface area contributed by atoms with E-state index in [2.05, 4.69) is 34.6 Å². The zero-order chi connectivity index (χ0) is 18.2. The van der Waals surface area contributed by atoms with Gasteiger partial charge in [0.25, 0.3) is 0 Å². The number of carbonyl (C=O) groups is 1. The Labute approximate surface area is 152 Å². The van der Waals surface area contributed by atoms with Crippen molar-refractivity contribution < 1.29 is 9.53 Å². The standard InChI is InChI=1S/C20H24N2O2S/c1-6-11-24-15-9-7-14(8-10-15)17-13(2)25-19-21-18(20(3,4)5)16(12-23)22(17)19/h7-10,12H,6,11H2,1-5H3. The number of carbonyl (C=O) groups excluding carboxylic acids is 1. The molecule has 132 valence electrons. The van der Waals surface area contributed by atoms with Gasteiger partial charge in [0.2, 0.25) is 0 Å². The van der Waals surface area contributed by atoms with E-state index in [0.29, 0.717) is 12.3 Å². The molecule has 0 amide bonds. The van der Waals surface area contributed by atoms with Crippen LogP contribution in [0.5, 0.6) is 5.75 Å². The van der Waals surface area contributed by atoms with Gasteiger partial charge in [0, 0.05) is 10.3 Å². The number of rotatable bonds is 5. The second kappa shape index (κ2) is 6.64. The Bertz CT molecular complexity index is 899. The monoisotopic (exact) mass is 356 g/mol. The molecular weight excluding hydrogens is 332 g/mol. The first-order chi connectivity index (χ1) is 11.9. The summed E-state index contributed by atoms with van der Waals surface area (Å²) < 4.78 is 7.66. The summed E-state index contributed by atoms with van der Waals surface area (Å²) in [5, 5.41) is 0. The highest BCUT2D eigenvalue weighted by molar-refractivity contribution is 7.17. The third-order valence-corrected chi connectivity index (χ3v) is 5.06. The van der Waals surface area contributed by atoms with Crippen LogP contribution in [0.15, 0.2) is 24.3 Å². The zero-order valence-corrected chi connectivity index (χ0v) is 16.2. The summed E-state index contributed by atoms with van der Waals surface area (Å²) in [5.74, 6) is 0.867. The molecule has 0 aliphatic carbocycles. The minimum Gasteiger partial charge on any atom is -0.494 e. The number of benzene rings is 1. The molecule has 0 spiro atoms. The molecule has 0 saturated heterocycles. The molecule has 5 heteroatoms. The summed E-state index contributed by atoms with van der Waals surface area (Å²) in [4.78, 5) is 18.6. The molecule has 3 aromatic rings. The van der Waals surface area contributed by atoms with Crippen molar-refractivity contribution in [1.82, 2.24) is 9.38 Å². The van der Waals surface area contributed by atoms with Crippen LogP contribution in [-0.2, 0) is 5.41 Å². The summed E-state index contributed by atoms with van der Waals surface area (Å²) in [6.45, 7) is 11.1. The van der Waals surface area contributed by atoms with Crippen LogP contribution in [-0.4, -0.2) is 22.3 Å². The molecule has 0 radical (unpaired) electrons. The minimum absolute atomic E-state index is 0.176. The van der Waals surface area contributed by atoms with Crippen LogP contribution in [0.1, 0.15) is 55.2 Å². The van der Waals surface area contributed by atoms with Crippen molar-refractivity contribution in [3.63, 3.8) is 0 Å². The van der Waals surface area contributed by atoms with Crippen molar-refractivity contribution >= 4 is 22.6 Å². The second-order valence-electron chi connectivity index (χ2n) is 7.21. The molecule has 2 heterocycles. The molecule has 3 rings (SSSR count). The van der Waals surface area contributed by atoms with Crippen LogP contribution in [0.25, 0.3) is 16.2 Å². The largest absolute Gasteiger partial charge is 0.494 e. The van der Waals surface area contributed by atoms with Crippen molar-refractivity contribution in [2.24, 2.45) is 0 Å². The molecular formula is C20H24N2O2S. The number of fused-ring (bicyclic) bond motifs is 1. The molecule has 0 saturated carbocycles. The first kappa shape index (κ1) is 17.7. The lowest BCUT2D eigenvalue weighted by Crippen LogP contribution is -2.15. The fraction of sp³-hybridized carbons (Fsp3) is 0.400. The van der Waals surface area contributed by atoms with Crippen LogP contribution < -0.4 is 4.74 Å². The first-order valence-corrected chi connectivity index (χ1v) is 9.39. The smallest absolute Gasteiger partial charge is 0.195 e. The fourth-order valence-electron chi connectivity index (χ4n) is 2.96. The zero-order valence-electron chi connectivity index (χ0n) is 15.4. The predicted molar refractivity (Wildman–Crippen MR) is 103 cm³/mol. The van der Waals surface area contributed by atoms with Crippen LogP contribution in [0, 0.1) is 6.92 Å². The molecule has 25 heavy (non-hydrogen) atoms. The van der Waals surface area contributed by atoms with Crippen molar-refractivity contribution in [2.45, 2.75) is 46.5 Å². The van der Waals surface area contributed by atoms with Gasteiger partial charge in [-0.25, -0.2) is 4.98 Å². The van der Waals surface area contributed by atoms with E-state index in [1.807, 2.05) is 28.7 Å². The highest BCUT2D eigenvalue weighted by Gasteiger charge is 2.26. The van der Waals surface area contributed by atoms with Gasteiger partial charge < -0.3 is 4.74 Å². The van der Waals surface area contributed by atoms with Gasteiger partial charge in [-0.2, -0.15) is 0 Å². The molecule has 0 unspecified atom stereocenters. The molecule has 2 aromatic heterocycles. The van der Waals surface area contributed by atoms with Gasteiger partial charge in [-0.1, -0.05) is 27.7 Å². The molecule has 0 fully saturated rings. The molecule has 0 atom stereocenters. The Morgan fingerprint density at radius 1 is 1.24 bits per heavy atom. The van der Waals surface area contributed by atoms with E-state index in [4.69, 9.17) is 9.72 Å². The number of aryl methyl sites for hydroxylation is 1. The van der Waals surface area contributed by atoms with Crippen LogP contribution in [0.2, 0.25) is 0 Å². The second-order valence-corrected chi connectivity index (χ2v) is 8.39. The number of imidazole rings is 1. The van der Waals surface area contributed by atoms with E-state index in [9.17, 15) is 4.79 Å². The highest BCUT2D eigenvalue weighted by atomic mass is 32.1. The van der Waals surface area contributed by atoms with Gasteiger partial charge >= 0.3 is 0 Å². The average Bonchev–Trinajstić information content (AvgIpc) is 3.07. The third kappa shape index (κ3) is 3.21. The molecule has 0 N–H and O–H groups in total. The fourth-order valence-corrected chi connectivity index (χ4v) is 3.96. The summed E-state index contributed by atoms with van der Waals surface area (Å²) >= 11 is 1.62. The molecule has 0 bridgehead atoms. The number of hydrogen-bond acceptors (Lipinski definition) is 4. The number of ether oxygens (including phenoxy) is 1. The predicted octanol–water partition coefficient (Wildman–Crippen LogP) is 5.27. The van der Waals surface area contributed by atoms with Crippen LogP contribution in [0.3, 0.4) is 0 Å². The van der Waals surface area contributed by atoms with E-state index in [0.717, 1.165) is 45.2 Å². The van der Waals surface area contributed by atoms with Crippen molar-refractivity contribution in [2.75, 3.05) is 6.61 Å². The van der Waals surface area contributed by atoms with Crippen LogP contribution in [0.4, 0.5) is 0 Å². The van der Waals surface area contributed by atoms with Crippen molar-refractivity contribution in [3.05, 3.63) is 40.5 Å². The average molecular weight is 356 g/mol. The van der Waals surface area contributed by atoms with E-state index >= 15 is 0 Å². The van der Waals surface area contributed by atoms with Crippen LogP contribution >= 0.6 is 11.3 Å². The number of aromatic nitrogens is 2. The summed E-state index contributed by atoms with van der Waals surface area (Å²) in [5.41, 5.74) is 3.41. The van der Waals surface area contributed by atoms with Gasteiger partial charge in [0.05, 0.1) is 18.0 Å². The lowest BCUT2D eigenvalue weighted by molar-refractivity contribution is 0.111. The Kier molecular flexibility index (Phi) is 4.69. The number of nitrogens with zero attached hydrogens (tertiary/aromatic N) is 2. The number of thiazole rings is 1. The van der Waals surface area contributed by atoms with Gasteiger partial charge in [-0.3, -0.25) is 9.20 Å². The SMILES string of the molecule is CCCOc1ccc(-c2c(C)sc3nc(C(C)(C)C)c(C=O)n23)cc1. The maximum absolute atomic E-state index is 11.8. The Morgan fingerprint density at radius 2 is 1.92 bits per heavy atom. The van der Waals surface area contributed by atoms with E-state index in [1.165, 1.54) is 0 Å². The highest BCUT2D eigenvalue weighted by Crippen LogP contribution is 2.36. The molecule has 4 nitrogen and oxygen atoms in total. The Hall–Kier alpha value is -2.14. The summed E-state index contributed by atoms with van der Waals surface area (Å²) in [6, 6.07) is 8.06. The maximum atomic E-state index is 11.8. The Morgan fingerprint density at radius 3 is 2.48 bits per heavy atom. The number of aldehydes is 1. The molecule has 0 aliphatic heterocycles. The quantitative estimate of drug-likeness (QED) is 0.585.